The first-order valence-corrected chi connectivity index (χ1v) is 4.85. The third-order valence-corrected chi connectivity index (χ3v) is 2.70. The van der Waals surface area contributed by atoms with Crippen molar-refractivity contribution in [3.8, 4) is 0 Å². The van der Waals surface area contributed by atoms with Crippen molar-refractivity contribution in [1.29, 1.82) is 0 Å². The van der Waals surface area contributed by atoms with Crippen molar-refractivity contribution >= 4 is 28.7 Å². The molecule has 5 heteroatoms. The Kier molecular flexibility index (Phi) is 3.46. The normalized spacial score (nSPS) is 9.50. The highest BCUT2D eigenvalue weighted by Gasteiger charge is 1.98. The van der Waals surface area contributed by atoms with Crippen LogP contribution in [-0.4, -0.2) is 5.11 Å². The highest BCUT2D eigenvalue weighted by molar-refractivity contribution is 7.80. The molecule has 12 heavy (non-hydrogen) atoms. The van der Waals surface area contributed by atoms with Gasteiger partial charge in [0.1, 0.15) is 0 Å². The van der Waals surface area contributed by atoms with Crippen LogP contribution in [0.4, 0.5) is 0 Å². The maximum absolute atomic E-state index is 5.10. The predicted molar refractivity (Wildman–Crippen MR) is 55.8 cm³/mol. The first kappa shape index (κ1) is 9.44. The van der Waals surface area contributed by atoms with E-state index in [0.717, 1.165) is 6.54 Å². The van der Waals surface area contributed by atoms with Crippen LogP contribution in [-0.2, 0) is 6.54 Å². The molecule has 0 aliphatic rings. The van der Waals surface area contributed by atoms with E-state index in [9.17, 15) is 0 Å². The van der Waals surface area contributed by atoms with E-state index in [1.165, 1.54) is 11.1 Å². The van der Waals surface area contributed by atoms with Gasteiger partial charge in [0.25, 0.3) is 0 Å². The van der Waals surface area contributed by atoms with Crippen molar-refractivity contribution in [2.24, 2.45) is 5.84 Å². The second kappa shape index (κ2) is 4.39. The van der Waals surface area contributed by atoms with Crippen LogP contribution in [0.3, 0.4) is 0 Å². The number of nitrogens with one attached hydrogen (secondary N) is 2. The summed E-state index contributed by atoms with van der Waals surface area (Å²) < 4.78 is 0. The molecule has 0 saturated heterocycles. The molecule has 1 rings (SSSR count). The molecule has 0 radical (unpaired) electrons. The molecule has 0 aliphatic heterocycles. The molecular weight excluding hydrogens is 190 g/mol. The van der Waals surface area contributed by atoms with Gasteiger partial charge in [0.05, 0.1) is 0 Å². The number of rotatable bonds is 2. The number of thiophene rings is 1. The lowest BCUT2D eigenvalue weighted by atomic mass is 10.2. The van der Waals surface area contributed by atoms with Crippen LogP contribution in [0.25, 0.3) is 0 Å². The Hall–Kier alpha value is -0.650. The summed E-state index contributed by atoms with van der Waals surface area (Å²) in [4.78, 5) is 0. The van der Waals surface area contributed by atoms with Gasteiger partial charge in [-0.1, -0.05) is 0 Å². The van der Waals surface area contributed by atoms with Gasteiger partial charge in [-0.15, -0.1) is 0 Å². The summed E-state index contributed by atoms with van der Waals surface area (Å²) in [5.41, 5.74) is 4.92. The fourth-order valence-corrected chi connectivity index (χ4v) is 1.72. The Morgan fingerprint density at radius 2 is 2.42 bits per heavy atom. The zero-order valence-electron chi connectivity index (χ0n) is 6.76. The molecule has 0 atom stereocenters. The van der Waals surface area contributed by atoms with Gasteiger partial charge in [-0.05, 0) is 41.0 Å². The summed E-state index contributed by atoms with van der Waals surface area (Å²) in [6.07, 6.45) is 0. The number of hydrogen-bond acceptors (Lipinski definition) is 3. The van der Waals surface area contributed by atoms with Crippen molar-refractivity contribution in [2.75, 3.05) is 0 Å². The van der Waals surface area contributed by atoms with Gasteiger partial charge in [0.15, 0.2) is 5.11 Å². The Morgan fingerprint density at radius 3 is 2.92 bits per heavy atom. The SMILES string of the molecule is Cc1cscc1CNC(=S)NN. The second-order valence-corrected chi connectivity index (χ2v) is 3.56. The standard InChI is InChI=1S/C7H11N3S2/c1-5-3-12-4-6(5)2-9-7(11)10-8/h3-4H,2,8H2,1H3,(H2,9,10,11). The minimum atomic E-state index is 0.473. The Labute approximate surface area is 80.9 Å². The first-order chi connectivity index (χ1) is 5.74. The molecule has 66 valence electrons. The van der Waals surface area contributed by atoms with E-state index in [2.05, 4.69) is 28.4 Å². The van der Waals surface area contributed by atoms with Crippen LogP contribution >= 0.6 is 23.6 Å². The van der Waals surface area contributed by atoms with Gasteiger partial charge in [0.2, 0.25) is 0 Å². The molecule has 0 bridgehead atoms. The molecule has 0 fully saturated rings. The first-order valence-electron chi connectivity index (χ1n) is 3.50. The van der Waals surface area contributed by atoms with Gasteiger partial charge in [-0.3, -0.25) is 0 Å². The van der Waals surface area contributed by atoms with E-state index in [4.69, 9.17) is 18.1 Å². The lowest BCUT2D eigenvalue weighted by Crippen LogP contribution is -2.39. The number of hydrogen-bond donors (Lipinski definition) is 3. The van der Waals surface area contributed by atoms with Gasteiger partial charge >= 0.3 is 0 Å². The number of nitrogens with two attached hydrogens (primary N) is 1. The third kappa shape index (κ3) is 2.44. The van der Waals surface area contributed by atoms with E-state index in [0.29, 0.717) is 5.11 Å². The zero-order valence-corrected chi connectivity index (χ0v) is 8.39. The molecule has 3 nitrogen and oxygen atoms in total. The molecule has 0 spiro atoms. The maximum atomic E-state index is 5.10. The zero-order chi connectivity index (χ0) is 8.97. The summed E-state index contributed by atoms with van der Waals surface area (Å²) in [5, 5.41) is 7.66. The minimum Gasteiger partial charge on any atom is -0.358 e. The van der Waals surface area contributed by atoms with E-state index in [1.54, 1.807) is 11.3 Å². The summed E-state index contributed by atoms with van der Waals surface area (Å²) in [6.45, 7) is 2.81. The monoisotopic (exact) mass is 201 g/mol. The summed E-state index contributed by atoms with van der Waals surface area (Å²) >= 11 is 6.52. The maximum Gasteiger partial charge on any atom is 0.180 e. The quantitative estimate of drug-likeness (QED) is 0.378. The molecular formula is C7H11N3S2. The van der Waals surface area contributed by atoms with E-state index < -0.39 is 0 Å². The molecule has 4 N–H and O–H groups in total. The van der Waals surface area contributed by atoms with Crippen molar-refractivity contribution < 1.29 is 0 Å². The van der Waals surface area contributed by atoms with Crippen molar-refractivity contribution in [3.63, 3.8) is 0 Å². The number of hydrazine groups is 1. The fourth-order valence-electron chi connectivity index (χ4n) is 0.794. The van der Waals surface area contributed by atoms with Crippen molar-refractivity contribution in [1.82, 2.24) is 10.7 Å². The Morgan fingerprint density at radius 1 is 1.67 bits per heavy atom. The molecule has 0 saturated carbocycles. The van der Waals surface area contributed by atoms with Crippen LogP contribution in [0.2, 0.25) is 0 Å². The topological polar surface area (TPSA) is 50.1 Å². The second-order valence-electron chi connectivity index (χ2n) is 2.41. The lowest BCUT2D eigenvalue weighted by Gasteiger charge is -2.05. The van der Waals surface area contributed by atoms with Crippen LogP contribution in [0.1, 0.15) is 11.1 Å². The smallest absolute Gasteiger partial charge is 0.180 e. The summed E-state index contributed by atoms with van der Waals surface area (Å²) in [6, 6.07) is 0. The van der Waals surface area contributed by atoms with E-state index in [-0.39, 0.29) is 0 Å². The Bertz CT molecular complexity index is 269. The van der Waals surface area contributed by atoms with Gasteiger partial charge in [-0.25, -0.2) is 5.84 Å². The number of aryl methyl sites for hydroxylation is 1. The van der Waals surface area contributed by atoms with E-state index >= 15 is 0 Å². The number of thiocarbonyl (C=S) groups is 1. The van der Waals surface area contributed by atoms with Crippen LogP contribution in [0, 0.1) is 6.92 Å². The average molecular weight is 201 g/mol. The molecule has 1 aromatic heterocycles. The van der Waals surface area contributed by atoms with E-state index in [1.807, 2.05) is 0 Å². The molecule has 0 aromatic carbocycles. The van der Waals surface area contributed by atoms with Crippen molar-refractivity contribution in [2.45, 2.75) is 13.5 Å². The average Bonchev–Trinajstić information content (AvgIpc) is 2.47. The van der Waals surface area contributed by atoms with Crippen LogP contribution < -0.4 is 16.6 Å². The highest BCUT2D eigenvalue weighted by atomic mass is 32.1. The largest absolute Gasteiger partial charge is 0.358 e. The van der Waals surface area contributed by atoms with Crippen molar-refractivity contribution in [3.05, 3.63) is 21.9 Å². The highest BCUT2D eigenvalue weighted by Crippen LogP contribution is 2.12. The van der Waals surface area contributed by atoms with Gasteiger partial charge < -0.3 is 10.7 Å². The third-order valence-electron chi connectivity index (χ3n) is 1.53. The lowest BCUT2D eigenvalue weighted by molar-refractivity contribution is 0.864. The van der Waals surface area contributed by atoms with Gasteiger partial charge in [-0.2, -0.15) is 11.3 Å². The predicted octanol–water partition coefficient (Wildman–Crippen LogP) is 0.894. The molecule has 0 amide bonds. The van der Waals surface area contributed by atoms with Crippen LogP contribution in [0.5, 0.6) is 0 Å². The molecule has 1 heterocycles. The summed E-state index contributed by atoms with van der Waals surface area (Å²) in [5.74, 6) is 5.10. The Balaban J connectivity index is 2.43. The summed E-state index contributed by atoms with van der Waals surface area (Å²) in [7, 11) is 0. The molecule has 0 unspecified atom stereocenters. The molecule has 0 aliphatic carbocycles. The minimum absolute atomic E-state index is 0.473. The fraction of sp³-hybridized carbons (Fsp3) is 0.286. The molecule has 1 aromatic rings. The van der Waals surface area contributed by atoms with Crippen LogP contribution in [0.15, 0.2) is 10.8 Å². The van der Waals surface area contributed by atoms with Gasteiger partial charge in [0, 0.05) is 6.54 Å².